The van der Waals surface area contributed by atoms with Crippen molar-refractivity contribution in [2.24, 2.45) is 10.9 Å². The minimum Gasteiger partial charge on any atom is -0.409 e. The normalized spacial score (nSPS) is 13.4. The van der Waals surface area contributed by atoms with Crippen LogP contribution in [0.15, 0.2) is 35.1 Å². The molecule has 0 spiro atoms. The fourth-order valence-corrected chi connectivity index (χ4v) is 2.25. The zero-order valence-electron chi connectivity index (χ0n) is 10.4. The molecule has 2 aromatic heterocycles. The fraction of sp³-hybridized carbons (Fsp3) is 0.250. The first-order valence-electron chi connectivity index (χ1n) is 5.76. The standard InChI is InChI=1S/C12H15N5OS/c1-8(12-15-4-5-19-12)16-7-9-2-3-14-10(6-9)11(13)17-18/h2-6,8,16,18H,7H2,1H3,(H2,13,17). The van der Waals surface area contributed by atoms with E-state index < -0.39 is 0 Å². The van der Waals surface area contributed by atoms with Gasteiger partial charge in [-0.1, -0.05) is 5.16 Å². The highest BCUT2D eigenvalue weighted by Gasteiger charge is 2.08. The third kappa shape index (κ3) is 3.49. The Labute approximate surface area is 115 Å². The third-order valence-corrected chi connectivity index (χ3v) is 3.59. The first kappa shape index (κ1) is 13.4. The smallest absolute Gasteiger partial charge is 0.188 e. The molecule has 1 atom stereocenters. The molecule has 0 amide bonds. The van der Waals surface area contributed by atoms with E-state index in [1.807, 2.05) is 11.4 Å². The first-order chi connectivity index (χ1) is 9.20. The molecule has 2 heterocycles. The van der Waals surface area contributed by atoms with E-state index >= 15 is 0 Å². The summed E-state index contributed by atoms with van der Waals surface area (Å²) < 4.78 is 0. The predicted molar refractivity (Wildman–Crippen MR) is 74.1 cm³/mol. The highest BCUT2D eigenvalue weighted by molar-refractivity contribution is 7.09. The fourth-order valence-electron chi connectivity index (χ4n) is 1.58. The highest BCUT2D eigenvalue weighted by Crippen LogP contribution is 2.15. The van der Waals surface area contributed by atoms with Gasteiger partial charge in [-0.2, -0.15) is 0 Å². The molecule has 2 rings (SSSR count). The van der Waals surface area contributed by atoms with Crippen LogP contribution in [0.5, 0.6) is 0 Å². The van der Waals surface area contributed by atoms with Crippen molar-refractivity contribution in [3.8, 4) is 0 Å². The summed E-state index contributed by atoms with van der Waals surface area (Å²) in [6.45, 7) is 2.72. The number of amidine groups is 1. The number of hydrogen-bond acceptors (Lipinski definition) is 6. The summed E-state index contributed by atoms with van der Waals surface area (Å²) in [5.41, 5.74) is 6.98. The molecule has 0 bridgehead atoms. The summed E-state index contributed by atoms with van der Waals surface area (Å²) in [5, 5.41) is 17.9. The van der Waals surface area contributed by atoms with Crippen molar-refractivity contribution < 1.29 is 5.21 Å². The van der Waals surface area contributed by atoms with Crippen LogP contribution in [0.3, 0.4) is 0 Å². The van der Waals surface area contributed by atoms with Crippen molar-refractivity contribution in [2.45, 2.75) is 19.5 Å². The summed E-state index contributed by atoms with van der Waals surface area (Å²) in [5.74, 6) is 0.00909. The molecule has 2 aromatic rings. The van der Waals surface area contributed by atoms with Gasteiger partial charge in [-0.15, -0.1) is 11.3 Å². The van der Waals surface area contributed by atoms with E-state index in [2.05, 4.69) is 27.4 Å². The number of oxime groups is 1. The van der Waals surface area contributed by atoms with Crippen LogP contribution in [0.1, 0.15) is 29.2 Å². The van der Waals surface area contributed by atoms with E-state index in [4.69, 9.17) is 10.9 Å². The van der Waals surface area contributed by atoms with Gasteiger partial charge < -0.3 is 16.3 Å². The highest BCUT2D eigenvalue weighted by atomic mass is 32.1. The molecule has 0 aromatic carbocycles. The maximum atomic E-state index is 8.62. The number of rotatable bonds is 5. The molecule has 7 heteroatoms. The zero-order chi connectivity index (χ0) is 13.7. The van der Waals surface area contributed by atoms with Gasteiger partial charge in [0, 0.05) is 24.3 Å². The summed E-state index contributed by atoms with van der Waals surface area (Å²) >= 11 is 1.62. The lowest BCUT2D eigenvalue weighted by atomic mass is 10.2. The molecule has 0 saturated heterocycles. The van der Waals surface area contributed by atoms with Crippen LogP contribution in [0, 0.1) is 0 Å². The molecule has 0 aliphatic rings. The molecular formula is C12H15N5OS. The van der Waals surface area contributed by atoms with Crippen LogP contribution in [-0.4, -0.2) is 21.0 Å². The summed E-state index contributed by atoms with van der Waals surface area (Å²) in [7, 11) is 0. The van der Waals surface area contributed by atoms with E-state index in [1.54, 1.807) is 29.8 Å². The Bertz CT molecular complexity index is 555. The van der Waals surface area contributed by atoms with Crippen LogP contribution >= 0.6 is 11.3 Å². The van der Waals surface area contributed by atoms with E-state index in [1.165, 1.54) is 0 Å². The molecule has 6 nitrogen and oxygen atoms in total. The van der Waals surface area contributed by atoms with Crippen molar-refractivity contribution in [1.82, 2.24) is 15.3 Å². The monoisotopic (exact) mass is 277 g/mol. The molecule has 4 N–H and O–H groups in total. The van der Waals surface area contributed by atoms with Gasteiger partial charge >= 0.3 is 0 Å². The number of nitrogens with two attached hydrogens (primary N) is 1. The average molecular weight is 277 g/mol. The summed E-state index contributed by atoms with van der Waals surface area (Å²) in [6, 6.07) is 3.85. The third-order valence-electron chi connectivity index (χ3n) is 2.63. The molecule has 19 heavy (non-hydrogen) atoms. The molecule has 0 saturated carbocycles. The number of aromatic nitrogens is 2. The quantitative estimate of drug-likeness (QED) is 0.333. The Morgan fingerprint density at radius 3 is 3.05 bits per heavy atom. The number of nitrogens with one attached hydrogen (secondary N) is 1. The van der Waals surface area contributed by atoms with Gasteiger partial charge in [-0.05, 0) is 24.6 Å². The van der Waals surface area contributed by atoms with Gasteiger partial charge in [-0.25, -0.2) is 4.98 Å². The average Bonchev–Trinajstić information content (AvgIpc) is 2.98. The number of thiazole rings is 1. The van der Waals surface area contributed by atoms with Crippen molar-refractivity contribution in [3.05, 3.63) is 46.2 Å². The van der Waals surface area contributed by atoms with Gasteiger partial charge in [-0.3, -0.25) is 4.98 Å². The molecule has 0 radical (unpaired) electrons. The zero-order valence-corrected chi connectivity index (χ0v) is 11.3. The van der Waals surface area contributed by atoms with Crippen molar-refractivity contribution in [1.29, 1.82) is 0 Å². The molecule has 100 valence electrons. The van der Waals surface area contributed by atoms with Gasteiger partial charge in [0.05, 0.1) is 6.04 Å². The Morgan fingerprint density at radius 1 is 1.53 bits per heavy atom. The maximum absolute atomic E-state index is 8.62. The minimum atomic E-state index is 0.00909. The topological polar surface area (TPSA) is 96.4 Å². The number of pyridine rings is 1. The molecular weight excluding hydrogens is 262 g/mol. The van der Waals surface area contributed by atoms with Crippen LogP contribution in [0.2, 0.25) is 0 Å². The molecule has 0 aliphatic carbocycles. The second-order valence-corrected chi connectivity index (χ2v) is 4.93. The van der Waals surface area contributed by atoms with E-state index in [9.17, 15) is 0 Å². The van der Waals surface area contributed by atoms with Crippen molar-refractivity contribution in [3.63, 3.8) is 0 Å². The Kier molecular flexibility index (Phi) is 4.43. The lowest BCUT2D eigenvalue weighted by Crippen LogP contribution is -2.19. The summed E-state index contributed by atoms with van der Waals surface area (Å²) in [6.07, 6.45) is 3.43. The molecule has 0 aliphatic heterocycles. The van der Waals surface area contributed by atoms with Gasteiger partial charge in [0.2, 0.25) is 0 Å². The number of nitrogens with zero attached hydrogens (tertiary/aromatic N) is 3. The molecule has 1 unspecified atom stereocenters. The Balaban J connectivity index is 2.00. The molecule has 0 fully saturated rings. The van der Waals surface area contributed by atoms with E-state index in [-0.39, 0.29) is 11.9 Å². The van der Waals surface area contributed by atoms with E-state index in [0.717, 1.165) is 10.6 Å². The Morgan fingerprint density at radius 2 is 2.37 bits per heavy atom. The van der Waals surface area contributed by atoms with Crippen LogP contribution < -0.4 is 11.1 Å². The lowest BCUT2D eigenvalue weighted by molar-refractivity contribution is 0.318. The summed E-state index contributed by atoms with van der Waals surface area (Å²) in [4.78, 5) is 8.29. The van der Waals surface area contributed by atoms with Crippen LogP contribution in [0.25, 0.3) is 0 Å². The second-order valence-electron chi connectivity index (χ2n) is 4.01. The van der Waals surface area contributed by atoms with Gasteiger partial charge in [0.25, 0.3) is 0 Å². The SMILES string of the molecule is CC(NCc1ccnc(C(N)=NO)c1)c1nccs1. The van der Waals surface area contributed by atoms with Gasteiger partial charge in [0.1, 0.15) is 10.7 Å². The minimum absolute atomic E-state index is 0.00909. The van der Waals surface area contributed by atoms with Crippen LogP contribution in [0.4, 0.5) is 0 Å². The van der Waals surface area contributed by atoms with Gasteiger partial charge in [0.15, 0.2) is 5.84 Å². The predicted octanol–water partition coefficient (Wildman–Crippen LogP) is 1.48. The lowest BCUT2D eigenvalue weighted by Gasteiger charge is -2.11. The van der Waals surface area contributed by atoms with Crippen molar-refractivity contribution in [2.75, 3.05) is 0 Å². The van der Waals surface area contributed by atoms with Crippen molar-refractivity contribution >= 4 is 17.2 Å². The Hall–Kier alpha value is -1.99. The van der Waals surface area contributed by atoms with Crippen LogP contribution in [-0.2, 0) is 6.54 Å². The second kappa shape index (κ2) is 6.26. The maximum Gasteiger partial charge on any atom is 0.188 e. The first-order valence-corrected chi connectivity index (χ1v) is 6.64. The number of hydrogen-bond donors (Lipinski definition) is 3. The largest absolute Gasteiger partial charge is 0.409 e. The van der Waals surface area contributed by atoms with E-state index in [0.29, 0.717) is 12.2 Å².